The van der Waals surface area contributed by atoms with Crippen LogP contribution in [-0.2, 0) is 26.2 Å². The number of benzene rings is 3. The van der Waals surface area contributed by atoms with E-state index in [4.69, 9.17) is 5.26 Å². The van der Waals surface area contributed by atoms with E-state index in [1.165, 1.54) is 0 Å². The molecule has 1 unspecified atom stereocenters. The van der Waals surface area contributed by atoms with Crippen LogP contribution in [0.15, 0.2) is 79.0 Å². The Kier molecular flexibility index (Phi) is 8.66. The highest BCUT2D eigenvalue weighted by Gasteiger charge is 2.52. The van der Waals surface area contributed by atoms with Crippen molar-refractivity contribution in [3.8, 4) is 22.9 Å². The van der Waals surface area contributed by atoms with Crippen LogP contribution in [-0.4, -0.2) is 62.8 Å². The van der Waals surface area contributed by atoms with Gasteiger partial charge in [-0.25, -0.2) is 4.68 Å². The van der Waals surface area contributed by atoms with Crippen molar-refractivity contribution in [3.05, 3.63) is 101 Å². The van der Waals surface area contributed by atoms with Gasteiger partial charge < -0.3 is 15.5 Å². The van der Waals surface area contributed by atoms with Gasteiger partial charge in [0, 0.05) is 32.5 Å². The second-order valence-corrected chi connectivity index (χ2v) is 12.3. The molecular weight excluding hydrogens is 578 g/mol. The van der Waals surface area contributed by atoms with E-state index in [0.717, 1.165) is 40.8 Å². The lowest BCUT2D eigenvalue weighted by Gasteiger charge is -2.32. The summed E-state index contributed by atoms with van der Waals surface area (Å²) >= 11 is 0. The largest absolute Gasteiger partial charge is 0.351 e. The Hall–Kier alpha value is -5.30. The van der Waals surface area contributed by atoms with Gasteiger partial charge in [-0.3, -0.25) is 14.4 Å². The normalized spacial score (nSPS) is 16.2. The van der Waals surface area contributed by atoms with Crippen LogP contribution < -0.4 is 10.6 Å². The highest BCUT2D eigenvalue weighted by molar-refractivity contribution is 5.95. The molecule has 2 fully saturated rings. The number of nitrogens with one attached hydrogen (secondary N) is 2. The molecule has 1 atom stereocenters. The topological polar surface area (TPSA) is 133 Å². The minimum absolute atomic E-state index is 0.0350. The number of aromatic nitrogens is 3. The van der Waals surface area contributed by atoms with Crippen molar-refractivity contribution in [2.24, 2.45) is 0 Å². The van der Waals surface area contributed by atoms with E-state index in [-0.39, 0.29) is 30.2 Å². The summed E-state index contributed by atoms with van der Waals surface area (Å²) in [6, 6.07) is 24.4. The number of nitrogens with zero attached hydrogens (tertiary/aromatic N) is 5. The quantitative estimate of drug-likeness (QED) is 0.293. The van der Waals surface area contributed by atoms with Crippen LogP contribution in [0, 0.1) is 18.3 Å². The Bertz CT molecular complexity index is 1780. The average molecular weight is 616 g/mol. The molecule has 0 radical (unpaired) electrons. The number of carbonyl (C=O) groups is 3. The number of rotatable bonds is 9. The molecule has 2 heterocycles. The van der Waals surface area contributed by atoms with Crippen molar-refractivity contribution < 1.29 is 14.4 Å². The molecule has 2 aliphatic rings. The van der Waals surface area contributed by atoms with Crippen molar-refractivity contribution >= 4 is 17.7 Å². The van der Waals surface area contributed by atoms with Crippen molar-refractivity contribution in [1.29, 1.82) is 5.26 Å². The summed E-state index contributed by atoms with van der Waals surface area (Å²) < 4.78 is 1.65. The van der Waals surface area contributed by atoms with Crippen LogP contribution in [0.3, 0.4) is 0 Å². The molecule has 1 aliphatic carbocycles. The van der Waals surface area contributed by atoms with E-state index in [1.54, 1.807) is 34.8 Å². The molecule has 4 aromatic rings. The first kappa shape index (κ1) is 30.7. The van der Waals surface area contributed by atoms with Crippen molar-refractivity contribution in [1.82, 2.24) is 30.5 Å². The van der Waals surface area contributed by atoms with Crippen LogP contribution in [0.5, 0.6) is 0 Å². The standard InChI is InChI=1S/C36H37N7O3/c1-24-5-3-4-6-32(24)36(17-18-36)35(46)39-33(34(45)38-29-15-19-42(20-16-29)25(2)44)21-30-23-43(41-40-30)31-13-11-28(12-14-31)27-9-7-26(22-37)8-10-27/h3-14,23,29,33H,15-21H2,1-2H3,(H,38,45)(H,39,46). The maximum absolute atomic E-state index is 13.8. The Labute approximate surface area is 268 Å². The molecule has 0 spiro atoms. The zero-order chi connectivity index (χ0) is 32.3. The molecule has 10 heteroatoms. The van der Waals surface area contributed by atoms with Crippen molar-refractivity contribution in [2.75, 3.05) is 13.1 Å². The molecule has 3 aromatic carbocycles. The Balaban J connectivity index is 1.18. The second-order valence-electron chi connectivity index (χ2n) is 12.3. The van der Waals surface area contributed by atoms with Gasteiger partial charge in [0.2, 0.25) is 17.7 Å². The lowest BCUT2D eigenvalue weighted by atomic mass is 9.90. The number of piperidine rings is 1. The number of aryl methyl sites for hydroxylation is 1. The molecule has 6 rings (SSSR count). The lowest BCUT2D eigenvalue weighted by Crippen LogP contribution is -2.54. The van der Waals surface area contributed by atoms with Crippen molar-refractivity contribution in [2.45, 2.75) is 63.5 Å². The van der Waals surface area contributed by atoms with Gasteiger partial charge in [0.25, 0.3) is 0 Å². The minimum atomic E-state index is -0.844. The summed E-state index contributed by atoms with van der Waals surface area (Å²) in [5.41, 5.74) is 5.41. The summed E-state index contributed by atoms with van der Waals surface area (Å²) in [6.07, 6.45) is 4.74. The first-order chi connectivity index (χ1) is 22.3. The molecule has 234 valence electrons. The van der Waals surface area contributed by atoms with Gasteiger partial charge in [0.1, 0.15) is 6.04 Å². The predicted octanol–water partition coefficient (Wildman–Crippen LogP) is 4.00. The summed E-state index contributed by atoms with van der Waals surface area (Å²) in [5, 5.41) is 23.9. The number of likely N-dealkylation sites (tertiary alicyclic amines) is 1. The van der Waals surface area contributed by atoms with E-state index >= 15 is 0 Å². The van der Waals surface area contributed by atoms with Gasteiger partial charge >= 0.3 is 0 Å². The molecule has 1 aromatic heterocycles. The van der Waals surface area contributed by atoms with Gasteiger partial charge in [0.05, 0.1) is 34.6 Å². The van der Waals surface area contributed by atoms with Gasteiger partial charge in [-0.15, -0.1) is 5.10 Å². The SMILES string of the molecule is CC(=O)N1CCC(NC(=O)C(Cc2cn(-c3ccc(-c4ccc(C#N)cc4)cc3)nn2)NC(=O)C2(c3ccccc3C)CC2)CC1. The van der Waals surface area contributed by atoms with E-state index in [2.05, 4.69) is 27.0 Å². The molecule has 2 N–H and O–H groups in total. The van der Waals surface area contributed by atoms with E-state index in [9.17, 15) is 14.4 Å². The third kappa shape index (κ3) is 6.54. The smallest absolute Gasteiger partial charge is 0.243 e. The van der Waals surface area contributed by atoms with E-state index in [0.29, 0.717) is 37.2 Å². The highest BCUT2D eigenvalue weighted by Crippen LogP contribution is 2.49. The maximum atomic E-state index is 13.8. The van der Waals surface area contributed by atoms with Gasteiger partial charge in [-0.2, -0.15) is 5.26 Å². The molecule has 10 nitrogen and oxygen atoms in total. The Morgan fingerprint density at radius 3 is 2.24 bits per heavy atom. The maximum Gasteiger partial charge on any atom is 0.243 e. The first-order valence-corrected chi connectivity index (χ1v) is 15.7. The van der Waals surface area contributed by atoms with Crippen LogP contribution in [0.25, 0.3) is 16.8 Å². The average Bonchev–Trinajstić information content (AvgIpc) is 3.76. The number of hydrogen-bond acceptors (Lipinski definition) is 6. The fourth-order valence-corrected chi connectivity index (χ4v) is 6.27. The summed E-state index contributed by atoms with van der Waals surface area (Å²) in [4.78, 5) is 41.1. The van der Waals surface area contributed by atoms with Crippen LogP contribution in [0.1, 0.15) is 55.0 Å². The third-order valence-electron chi connectivity index (χ3n) is 9.19. The zero-order valence-corrected chi connectivity index (χ0v) is 26.1. The van der Waals surface area contributed by atoms with E-state index < -0.39 is 11.5 Å². The number of amides is 3. The van der Waals surface area contributed by atoms with Crippen LogP contribution in [0.2, 0.25) is 0 Å². The highest BCUT2D eigenvalue weighted by atomic mass is 16.2. The zero-order valence-electron chi connectivity index (χ0n) is 26.1. The predicted molar refractivity (Wildman–Crippen MR) is 173 cm³/mol. The number of carbonyl (C=O) groups excluding carboxylic acids is 3. The lowest BCUT2D eigenvalue weighted by molar-refractivity contribution is -0.132. The number of hydrogen-bond donors (Lipinski definition) is 2. The van der Waals surface area contributed by atoms with E-state index in [1.807, 2.05) is 67.6 Å². The molecule has 0 bridgehead atoms. The molecule has 3 amide bonds. The summed E-state index contributed by atoms with van der Waals surface area (Å²) in [5.74, 6) is -0.386. The van der Waals surface area contributed by atoms with Crippen LogP contribution >= 0.6 is 0 Å². The molecule has 1 saturated heterocycles. The monoisotopic (exact) mass is 615 g/mol. The minimum Gasteiger partial charge on any atom is -0.351 e. The number of nitriles is 1. The molecule has 1 aliphatic heterocycles. The fraction of sp³-hybridized carbons (Fsp3) is 0.333. The van der Waals surface area contributed by atoms with Crippen LogP contribution in [0.4, 0.5) is 0 Å². The van der Waals surface area contributed by atoms with Crippen molar-refractivity contribution in [3.63, 3.8) is 0 Å². The molecule has 46 heavy (non-hydrogen) atoms. The Morgan fingerprint density at radius 2 is 1.63 bits per heavy atom. The Morgan fingerprint density at radius 1 is 0.978 bits per heavy atom. The van der Waals surface area contributed by atoms with Gasteiger partial charge in [-0.1, -0.05) is 53.7 Å². The van der Waals surface area contributed by atoms with Gasteiger partial charge in [0.15, 0.2) is 0 Å². The molecular formula is C36H37N7O3. The fourth-order valence-electron chi connectivity index (χ4n) is 6.27. The van der Waals surface area contributed by atoms with Gasteiger partial charge in [-0.05, 0) is 79.1 Å². The third-order valence-corrected chi connectivity index (χ3v) is 9.19. The summed E-state index contributed by atoms with van der Waals surface area (Å²) in [6.45, 7) is 4.75. The molecule has 1 saturated carbocycles. The first-order valence-electron chi connectivity index (χ1n) is 15.7. The summed E-state index contributed by atoms with van der Waals surface area (Å²) in [7, 11) is 0. The second kappa shape index (κ2) is 13.0.